The number of oxime groups is 1. The van der Waals surface area contributed by atoms with E-state index in [0.717, 1.165) is 0 Å². The quantitative estimate of drug-likeness (QED) is 0.329. The third-order valence-electron chi connectivity index (χ3n) is 1.21. The standard InChI is InChI=1S/C9H16N2O4/c1-9(2,3)15-11-6(7(10)13-4)8(12)14-5/h10H,1-5H3. The maximum atomic E-state index is 11.2. The number of ether oxygens (including phenoxy) is 2. The van der Waals surface area contributed by atoms with Crippen LogP contribution in [0.5, 0.6) is 0 Å². The maximum Gasteiger partial charge on any atom is 0.365 e. The second-order valence-electron chi connectivity index (χ2n) is 3.67. The van der Waals surface area contributed by atoms with E-state index >= 15 is 0 Å². The van der Waals surface area contributed by atoms with Crippen LogP contribution in [0.2, 0.25) is 0 Å². The van der Waals surface area contributed by atoms with Crippen LogP contribution < -0.4 is 0 Å². The van der Waals surface area contributed by atoms with Crippen LogP contribution in [0.15, 0.2) is 5.16 Å². The molecule has 6 nitrogen and oxygen atoms in total. The minimum atomic E-state index is -0.772. The van der Waals surface area contributed by atoms with Crippen molar-refractivity contribution < 1.29 is 19.1 Å². The number of nitrogens with one attached hydrogen (secondary N) is 1. The van der Waals surface area contributed by atoms with E-state index in [4.69, 9.17) is 10.2 Å². The van der Waals surface area contributed by atoms with Crippen LogP contribution in [0.3, 0.4) is 0 Å². The third kappa shape index (κ3) is 4.99. The molecule has 6 heteroatoms. The molecule has 0 saturated carbocycles. The van der Waals surface area contributed by atoms with E-state index in [9.17, 15) is 4.79 Å². The Hall–Kier alpha value is -1.59. The molecule has 0 aromatic carbocycles. The Kier molecular flexibility index (Phi) is 4.77. The summed E-state index contributed by atoms with van der Waals surface area (Å²) in [5.41, 5.74) is -0.845. The number of carbonyl (C=O) groups is 1. The highest BCUT2D eigenvalue weighted by Gasteiger charge is 2.21. The number of rotatable bonds is 3. The molecule has 0 radical (unpaired) electrons. The normalized spacial score (nSPS) is 11.9. The Balaban J connectivity index is 4.79. The summed E-state index contributed by atoms with van der Waals surface area (Å²) in [6.45, 7) is 5.30. The van der Waals surface area contributed by atoms with Crippen molar-refractivity contribution in [3.8, 4) is 0 Å². The molecule has 86 valence electrons. The predicted octanol–water partition coefficient (Wildman–Crippen LogP) is 0.954. The van der Waals surface area contributed by atoms with Gasteiger partial charge >= 0.3 is 5.97 Å². The summed E-state index contributed by atoms with van der Waals surface area (Å²) in [5.74, 6) is -1.17. The zero-order valence-electron chi connectivity index (χ0n) is 9.58. The van der Waals surface area contributed by atoms with Crippen molar-refractivity contribution in [2.24, 2.45) is 5.16 Å². The van der Waals surface area contributed by atoms with Crippen molar-refractivity contribution in [1.29, 1.82) is 5.41 Å². The second kappa shape index (κ2) is 5.33. The number of esters is 1. The number of nitrogens with zero attached hydrogens (tertiary/aromatic N) is 1. The average Bonchev–Trinajstić information content (AvgIpc) is 2.15. The van der Waals surface area contributed by atoms with Gasteiger partial charge < -0.3 is 14.3 Å². The van der Waals surface area contributed by atoms with E-state index in [0.29, 0.717) is 0 Å². The first-order chi connectivity index (χ1) is 6.81. The Bertz CT molecular complexity index is 260. The fourth-order valence-electron chi connectivity index (χ4n) is 0.547. The summed E-state index contributed by atoms with van der Waals surface area (Å²) >= 11 is 0. The maximum absolute atomic E-state index is 11.2. The molecule has 0 amide bonds. The zero-order valence-corrected chi connectivity index (χ0v) is 9.58. The van der Waals surface area contributed by atoms with Gasteiger partial charge in [-0.05, 0) is 20.8 Å². The topological polar surface area (TPSA) is 81.0 Å². The number of methoxy groups -OCH3 is 2. The van der Waals surface area contributed by atoms with Crippen LogP contribution in [-0.4, -0.2) is 37.4 Å². The zero-order chi connectivity index (χ0) is 12.1. The molecular weight excluding hydrogens is 200 g/mol. The van der Waals surface area contributed by atoms with Crippen molar-refractivity contribution in [2.45, 2.75) is 26.4 Å². The molecule has 0 unspecified atom stereocenters. The van der Waals surface area contributed by atoms with E-state index in [1.54, 1.807) is 20.8 Å². The fourth-order valence-corrected chi connectivity index (χ4v) is 0.547. The lowest BCUT2D eigenvalue weighted by Crippen LogP contribution is -2.28. The number of carbonyl (C=O) groups excluding carboxylic acids is 1. The number of hydrogen-bond donors (Lipinski definition) is 1. The molecule has 0 aromatic rings. The molecule has 0 aromatic heterocycles. The van der Waals surface area contributed by atoms with Crippen LogP contribution in [0.1, 0.15) is 20.8 Å². The molecule has 15 heavy (non-hydrogen) atoms. The summed E-state index contributed by atoms with van der Waals surface area (Å²) in [5, 5.41) is 10.8. The van der Waals surface area contributed by atoms with Crippen LogP contribution in [0.4, 0.5) is 0 Å². The van der Waals surface area contributed by atoms with E-state index in [1.165, 1.54) is 14.2 Å². The Morgan fingerprint density at radius 2 is 1.73 bits per heavy atom. The van der Waals surface area contributed by atoms with Gasteiger partial charge in [0.05, 0.1) is 14.2 Å². The van der Waals surface area contributed by atoms with Gasteiger partial charge in [0.1, 0.15) is 5.60 Å². The van der Waals surface area contributed by atoms with Crippen molar-refractivity contribution in [3.05, 3.63) is 0 Å². The first kappa shape index (κ1) is 13.4. The lowest BCUT2D eigenvalue weighted by molar-refractivity contribution is -0.132. The molecule has 0 bridgehead atoms. The first-order valence-electron chi connectivity index (χ1n) is 4.29. The monoisotopic (exact) mass is 216 g/mol. The summed E-state index contributed by atoms with van der Waals surface area (Å²) in [6, 6.07) is 0. The average molecular weight is 216 g/mol. The lowest BCUT2D eigenvalue weighted by atomic mass is 10.2. The molecule has 0 heterocycles. The van der Waals surface area contributed by atoms with Gasteiger partial charge in [0, 0.05) is 0 Å². The molecule has 0 atom stereocenters. The summed E-state index contributed by atoms with van der Waals surface area (Å²) in [7, 11) is 2.45. The van der Waals surface area contributed by atoms with E-state index in [2.05, 4.69) is 14.6 Å². The first-order valence-corrected chi connectivity index (χ1v) is 4.29. The highest BCUT2D eigenvalue weighted by molar-refractivity contribution is 6.63. The molecule has 0 rings (SSSR count). The highest BCUT2D eigenvalue weighted by Crippen LogP contribution is 2.07. The van der Waals surface area contributed by atoms with Gasteiger partial charge in [-0.25, -0.2) is 4.79 Å². The lowest BCUT2D eigenvalue weighted by Gasteiger charge is -2.16. The van der Waals surface area contributed by atoms with Crippen LogP contribution in [-0.2, 0) is 19.1 Å². The Morgan fingerprint density at radius 3 is 2.07 bits per heavy atom. The minimum absolute atomic E-state index is 0.296. The summed E-state index contributed by atoms with van der Waals surface area (Å²) in [4.78, 5) is 16.2. The summed E-state index contributed by atoms with van der Waals surface area (Å²) in [6.07, 6.45) is 0. The highest BCUT2D eigenvalue weighted by atomic mass is 16.7. The molecule has 0 aliphatic carbocycles. The fraction of sp³-hybridized carbons (Fsp3) is 0.667. The minimum Gasteiger partial charge on any atom is -0.480 e. The molecule has 0 fully saturated rings. The molecule has 0 aliphatic heterocycles. The van der Waals surface area contributed by atoms with Gasteiger partial charge in [0.15, 0.2) is 0 Å². The Morgan fingerprint density at radius 1 is 1.20 bits per heavy atom. The van der Waals surface area contributed by atoms with Gasteiger partial charge in [-0.15, -0.1) is 0 Å². The van der Waals surface area contributed by atoms with Gasteiger partial charge in [-0.2, -0.15) is 0 Å². The molecule has 0 aliphatic rings. The van der Waals surface area contributed by atoms with Gasteiger partial charge in [-0.1, -0.05) is 5.16 Å². The Labute approximate surface area is 88.7 Å². The van der Waals surface area contributed by atoms with Crippen LogP contribution in [0, 0.1) is 5.41 Å². The predicted molar refractivity (Wildman–Crippen MR) is 55.0 cm³/mol. The van der Waals surface area contributed by atoms with Crippen molar-refractivity contribution in [1.82, 2.24) is 0 Å². The largest absolute Gasteiger partial charge is 0.480 e. The van der Waals surface area contributed by atoms with Gasteiger partial charge in [0.2, 0.25) is 11.6 Å². The molecule has 0 saturated heterocycles. The van der Waals surface area contributed by atoms with E-state index < -0.39 is 17.5 Å². The van der Waals surface area contributed by atoms with Gasteiger partial charge in [-0.3, -0.25) is 5.41 Å². The van der Waals surface area contributed by atoms with Crippen molar-refractivity contribution in [3.63, 3.8) is 0 Å². The molecule has 0 spiro atoms. The van der Waals surface area contributed by atoms with Crippen LogP contribution in [0.25, 0.3) is 0 Å². The SMILES string of the molecule is COC(=N)C(=NOC(C)(C)C)C(=O)OC. The molecular formula is C9H16N2O4. The van der Waals surface area contributed by atoms with E-state index in [1.807, 2.05) is 0 Å². The van der Waals surface area contributed by atoms with Crippen molar-refractivity contribution >= 4 is 17.6 Å². The second-order valence-corrected chi connectivity index (χ2v) is 3.67. The molecule has 1 N–H and O–H groups in total. The number of hydrogen-bond acceptors (Lipinski definition) is 6. The van der Waals surface area contributed by atoms with Crippen LogP contribution >= 0.6 is 0 Å². The van der Waals surface area contributed by atoms with Gasteiger partial charge in [0.25, 0.3) is 0 Å². The summed E-state index contributed by atoms with van der Waals surface area (Å²) < 4.78 is 9.00. The third-order valence-corrected chi connectivity index (χ3v) is 1.21. The van der Waals surface area contributed by atoms with Crippen molar-refractivity contribution in [2.75, 3.05) is 14.2 Å². The van der Waals surface area contributed by atoms with E-state index in [-0.39, 0.29) is 5.71 Å². The smallest absolute Gasteiger partial charge is 0.365 e.